The predicted octanol–water partition coefficient (Wildman–Crippen LogP) is 3.88. The normalized spacial score (nSPS) is 25.5. The van der Waals surface area contributed by atoms with Crippen molar-refractivity contribution >= 4 is 50.7 Å². The SMILES string of the molecule is Cc1c(C(C)(C)O)cnc2c(Cl)c(-c3nc(N[C@@H]4C[C@H]5CO[C@H](O5)[C@H]4O)ncc3Cl)sc12. The zero-order valence-corrected chi connectivity index (χ0v) is 19.9. The van der Waals surface area contributed by atoms with Crippen LogP contribution in [-0.4, -0.2) is 56.3 Å². The Morgan fingerprint density at radius 2 is 2.03 bits per heavy atom. The van der Waals surface area contributed by atoms with E-state index in [0.717, 1.165) is 15.8 Å². The summed E-state index contributed by atoms with van der Waals surface area (Å²) in [5.41, 5.74) is 1.72. The first kappa shape index (κ1) is 22.2. The fourth-order valence-corrected chi connectivity index (χ4v) is 5.98. The lowest BCUT2D eigenvalue weighted by Gasteiger charge is -2.32. The van der Waals surface area contributed by atoms with Crippen molar-refractivity contribution in [2.45, 2.75) is 57.3 Å². The van der Waals surface area contributed by atoms with Crippen molar-refractivity contribution in [2.24, 2.45) is 0 Å². The van der Waals surface area contributed by atoms with Crippen molar-refractivity contribution < 1.29 is 19.7 Å². The van der Waals surface area contributed by atoms with Gasteiger partial charge in [0.2, 0.25) is 5.95 Å². The average molecular weight is 497 g/mol. The van der Waals surface area contributed by atoms with Crippen molar-refractivity contribution in [3.63, 3.8) is 0 Å². The van der Waals surface area contributed by atoms with E-state index in [1.54, 1.807) is 20.0 Å². The van der Waals surface area contributed by atoms with E-state index in [2.05, 4.69) is 20.3 Å². The number of hydrogen-bond donors (Lipinski definition) is 3. The van der Waals surface area contributed by atoms with Crippen LogP contribution in [0.2, 0.25) is 10.0 Å². The molecule has 2 saturated heterocycles. The highest BCUT2D eigenvalue weighted by Crippen LogP contribution is 2.45. The van der Waals surface area contributed by atoms with Crippen molar-refractivity contribution in [1.29, 1.82) is 0 Å². The molecule has 3 aromatic rings. The van der Waals surface area contributed by atoms with Gasteiger partial charge in [0.25, 0.3) is 0 Å². The molecular weight excluding hydrogens is 475 g/mol. The third-order valence-electron chi connectivity index (χ3n) is 5.81. The molecule has 3 aromatic heterocycles. The summed E-state index contributed by atoms with van der Waals surface area (Å²) >= 11 is 14.6. The fraction of sp³-hybridized carbons (Fsp3) is 0.476. The zero-order valence-electron chi connectivity index (χ0n) is 17.6. The molecule has 0 unspecified atom stereocenters. The number of fused-ring (bicyclic) bond motifs is 3. The predicted molar refractivity (Wildman–Crippen MR) is 123 cm³/mol. The molecule has 0 aromatic carbocycles. The number of halogens is 2. The molecule has 170 valence electrons. The number of aryl methyl sites for hydroxylation is 1. The molecule has 4 atom stereocenters. The van der Waals surface area contributed by atoms with Gasteiger partial charge < -0.3 is 25.0 Å². The molecular formula is C21H22Cl2N4O4S. The van der Waals surface area contributed by atoms with Gasteiger partial charge in [-0.15, -0.1) is 11.3 Å². The summed E-state index contributed by atoms with van der Waals surface area (Å²) in [6, 6.07) is -0.314. The van der Waals surface area contributed by atoms with E-state index in [1.165, 1.54) is 17.5 Å². The smallest absolute Gasteiger partial charge is 0.223 e. The van der Waals surface area contributed by atoms with Gasteiger partial charge in [0.1, 0.15) is 17.3 Å². The molecule has 0 spiro atoms. The summed E-state index contributed by atoms with van der Waals surface area (Å²) in [4.78, 5) is 14.0. The Kier molecular flexibility index (Phi) is 5.57. The zero-order chi connectivity index (χ0) is 22.8. The summed E-state index contributed by atoms with van der Waals surface area (Å²) in [5, 5.41) is 24.9. The molecule has 0 amide bonds. The van der Waals surface area contributed by atoms with E-state index in [0.29, 0.717) is 45.1 Å². The van der Waals surface area contributed by atoms with Crippen LogP contribution < -0.4 is 5.32 Å². The minimum atomic E-state index is -1.03. The summed E-state index contributed by atoms with van der Waals surface area (Å²) < 4.78 is 11.9. The number of aliphatic hydroxyl groups is 2. The molecule has 8 nitrogen and oxygen atoms in total. The van der Waals surface area contributed by atoms with E-state index in [9.17, 15) is 10.2 Å². The van der Waals surface area contributed by atoms with Crippen LogP contribution in [0.4, 0.5) is 5.95 Å². The van der Waals surface area contributed by atoms with E-state index in [4.69, 9.17) is 32.7 Å². The van der Waals surface area contributed by atoms with Crippen LogP contribution in [0.1, 0.15) is 31.4 Å². The Morgan fingerprint density at radius 1 is 1.25 bits per heavy atom. The summed E-state index contributed by atoms with van der Waals surface area (Å²) in [5.74, 6) is 0.324. The number of thiophene rings is 1. The standard InChI is InChI=1S/C21H22Cl2N4O4S/c1-8-10(21(2,3)29)5-24-15-13(23)18(32-17(8)15)14-11(22)6-25-20(27-14)26-12-4-9-7-30-19(31-9)16(12)28/h5-6,9,12,16,19,28-29H,4,7H2,1-3H3,(H,25,26,27)/t9-,12+,16-,19+/m0/s1. The number of aromatic nitrogens is 3. The van der Waals surface area contributed by atoms with Gasteiger partial charge in [0.05, 0.1) is 50.2 Å². The maximum atomic E-state index is 10.5. The van der Waals surface area contributed by atoms with Gasteiger partial charge >= 0.3 is 0 Å². The highest BCUT2D eigenvalue weighted by atomic mass is 35.5. The molecule has 0 aliphatic carbocycles. The van der Waals surface area contributed by atoms with Gasteiger partial charge in [0.15, 0.2) is 6.29 Å². The van der Waals surface area contributed by atoms with Crippen LogP contribution >= 0.6 is 34.5 Å². The molecule has 2 fully saturated rings. The largest absolute Gasteiger partial charge is 0.386 e. The van der Waals surface area contributed by atoms with Gasteiger partial charge in [-0.1, -0.05) is 23.2 Å². The van der Waals surface area contributed by atoms with Crippen LogP contribution in [0.25, 0.3) is 20.8 Å². The van der Waals surface area contributed by atoms with Gasteiger partial charge in [0, 0.05) is 11.8 Å². The number of aliphatic hydroxyl groups excluding tert-OH is 1. The van der Waals surface area contributed by atoms with Crippen LogP contribution in [0.15, 0.2) is 12.4 Å². The number of anilines is 1. The van der Waals surface area contributed by atoms with Crippen molar-refractivity contribution in [3.05, 3.63) is 33.6 Å². The molecule has 0 radical (unpaired) electrons. The number of nitrogens with zero attached hydrogens (tertiary/aromatic N) is 3. The minimum absolute atomic E-state index is 0.0660. The number of hydrogen-bond acceptors (Lipinski definition) is 9. The van der Waals surface area contributed by atoms with Crippen LogP contribution in [0.3, 0.4) is 0 Å². The maximum absolute atomic E-state index is 10.5. The lowest BCUT2D eigenvalue weighted by molar-refractivity contribution is -0.156. The van der Waals surface area contributed by atoms with E-state index < -0.39 is 18.0 Å². The molecule has 3 N–H and O–H groups in total. The first-order valence-electron chi connectivity index (χ1n) is 10.2. The lowest BCUT2D eigenvalue weighted by Crippen LogP contribution is -2.48. The Balaban J connectivity index is 1.52. The van der Waals surface area contributed by atoms with Crippen molar-refractivity contribution in [2.75, 3.05) is 11.9 Å². The Bertz CT molecular complexity index is 1200. The second-order valence-corrected chi connectivity index (χ2v) is 10.4. The maximum Gasteiger partial charge on any atom is 0.223 e. The second-order valence-electron chi connectivity index (χ2n) is 8.61. The Morgan fingerprint density at radius 3 is 2.78 bits per heavy atom. The molecule has 2 bridgehead atoms. The molecule has 0 saturated carbocycles. The third-order valence-corrected chi connectivity index (χ3v) is 7.87. The lowest BCUT2D eigenvalue weighted by atomic mass is 9.96. The molecule has 2 aliphatic rings. The van der Waals surface area contributed by atoms with Gasteiger partial charge in [-0.25, -0.2) is 9.97 Å². The van der Waals surface area contributed by atoms with Crippen LogP contribution in [0.5, 0.6) is 0 Å². The number of pyridine rings is 1. The summed E-state index contributed by atoms with van der Waals surface area (Å²) in [7, 11) is 0. The number of nitrogens with one attached hydrogen (secondary N) is 1. The minimum Gasteiger partial charge on any atom is -0.386 e. The quantitative estimate of drug-likeness (QED) is 0.498. The highest BCUT2D eigenvalue weighted by Gasteiger charge is 2.43. The van der Waals surface area contributed by atoms with Gasteiger partial charge in [-0.3, -0.25) is 4.98 Å². The van der Waals surface area contributed by atoms with Crippen molar-refractivity contribution in [3.8, 4) is 10.6 Å². The molecule has 5 heterocycles. The highest BCUT2D eigenvalue weighted by molar-refractivity contribution is 7.23. The molecule has 5 rings (SSSR count). The monoisotopic (exact) mass is 496 g/mol. The summed E-state index contributed by atoms with van der Waals surface area (Å²) in [6.07, 6.45) is 2.18. The molecule has 32 heavy (non-hydrogen) atoms. The molecule has 2 aliphatic heterocycles. The van der Waals surface area contributed by atoms with Crippen LogP contribution in [0, 0.1) is 6.92 Å². The summed E-state index contributed by atoms with van der Waals surface area (Å²) in [6.45, 7) is 5.84. The molecule has 11 heteroatoms. The van der Waals surface area contributed by atoms with Gasteiger partial charge in [-0.05, 0) is 32.8 Å². The first-order chi connectivity index (χ1) is 15.1. The third kappa shape index (κ3) is 3.75. The topological polar surface area (TPSA) is 110 Å². The number of ether oxygens (including phenoxy) is 2. The van der Waals surface area contributed by atoms with E-state index in [-0.39, 0.29) is 12.1 Å². The van der Waals surface area contributed by atoms with Gasteiger partial charge in [-0.2, -0.15) is 0 Å². The number of rotatable bonds is 4. The fourth-order valence-electron chi connectivity index (χ4n) is 4.18. The van der Waals surface area contributed by atoms with Crippen molar-refractivity contribution in [1.82, 2.24) is 15.0 Å². The van der Waals surface area contributed by atoms with Crippen LogP contribution in [-0.2, 0) is 15.1 Å². The van der Waals surface area contributed by atoms with E-state index in [1.807, 2.05) is 6.92 Å². The van der Waals surface area contributed by atoms with E-state index >= 15 is 0 Å². The average Bonchev–Trinajstić information content (AvgIpc) is 3.29. The first-order valence-corrected chi connectivity index (χ1v) is 11.8. The Labute approximate surface area is 198 Å². The second kappa shape index (κ2) is 8.02. The Hall–Kier alpha value is -1.59.